The van der Waals surface area contributed by atoms with Crippen molar-refractivity contribution in [3.8, 4) is 6.07 Å². The molecule has 1 atom stereocenters. The number of rotatable bonds is 4. The highest BCUT2D eigenvalue weighted by Crippen LogP contribution is 2.36. The number of hydrogen-bond acceptors (Lipinski definition) is 5. The number of halogens is 1. The number of benzene rings is 1. The molecule has 152 valence electrons. The van der Waals surface area contributed by atoms with Gasteiger partial charge in [0.25, 0.3) is 0 Å². The van der Waals surface area contributed by atoms with Crippen molar-refractivity contribution in [3.63, 3.8) is 0 Å². The Balaban J connectivity index is 2.08. The van der Waals surface area contributed by atoms with E-state index in [0.717, 1.165) is 0 Å². The van der Waals surface area contributed by atoms with Crippen LogP contribution in [0.15, 0.2) is 18.2 Å². The lowest BCUT2D eigenvalue weighted by Crippen LogP contribution is -2.41. The molecule has 1 amide bonds. The number of nitrogens with zero attached hydrogens (tertiary/aromatic N) is 1. The summed E-state index contributed by atoms with van der Waals surface area (Å²) in [4.78, 5) is 11.8. The second-order valence-corrected chi connectivity index (χ2v) is 8.97. The third-order valence-corrected chi connectivity index (χ3v) is 4.87. The smallest absolute Gasteiger partial charge is 0.444 e. The number of carbonyl (C=O) groups excluding carboxylic acids is 1. The predicted octanol–water partition coefficient (Wildman–Crippen LogP) is 3.08. The van der Waals surface area contributed by atoms with Crippen molar-refractivity contribution in [1.29, 1.82) is 5.26 Å². The maximum absolute atomic E-state index is 14.6. The Hall–Kier alpha value is -2.11. The topological polar surface area (TPSA) is 80.6 Å². The Morgan fingerprint density at radius 2 is 1.86 bits per heavy atom. The van der Waals surface area contributed by atoms with Crippen LogP contribution in [0.5, 0.6) is 0 Å². The van der Waals surface area contributed by atoms with Crippen molar-refractivity contribution in [2.24, 2.45) is 0 Å². The second-order valence-electron chi connectivity index (χ2n) is 8.97. The van der Waals surface area contributed by atoms with Crippen LogP contribution >= 0.6 is 0 Å². The van der Waals surface area contributed by atoms with Crippen LogP contribution in [-0.2, 0) is 20.5 Å². The summed E-state index contributed by atoms with van der Waals surface area (Å²) in [5.74, 6) is -0.488. The van der Waals surface area contributed by atoms with Crippen LogP contribution in [0, 0.1) is 17.1 Å². The van der Waals surface area contributed by atoms with Gasteiger partial charge in [0.15, 0.2) is 0 Å². The molecule has 1 heterocycles. The molecule has 0 aromatic heterocycles. The van der Waals surface area contributed by atoms with E-state index in [0.29, 0.717) is 11.0 Å². The first kappa shape index (κ1) is 22.2. The fraction of sp³-hybridized carbons (Fsp3) is 0.600. The first-order valence-corrected chi connectivity index (χ1v) is 9.27. The first-order chi connectivity index (χ1) is 12.7. The van der Waals surface area contributed by atoms with Gasteiger partial charge >= 0.3 is 13.2 Å². The number of nitrogens with one attached hydrogen (secondary N) is 1. The van der Waals surface area contributed by atoms with Gasteiger partial charge in [-0.15, -0.1) is 0 Å². The van der Waals surface area contributed by atoms with E-state index in [1.54, 1.807) is 32.9 Å². The van der Waals surface area contributed by atoms with Gasteiger partial charge in [-0.05, 0) is 65.6 Å². The highest BCUT2D eigenvalue weighted by Gasteiger charge is 2.51. The molecule has 0 saturated carbocycles. The molecule has 1 aromatic carbocycles. The molecule has 0 spiro atoms. The molecule has 1 fully saturated rings. The first-order valence-electron chi connectivity index (χ1n) is 9.27. The zero-order valence-electron chi connectivity index (χ0n) is 17.6. The predicted molar refractivity (Wildman–Crippen MR) is 105 cm³/mol. The molecule has 0 aliphatic carbocycles. The van der Waals surface area contributed by atoms with Gasteiger partial charge in [-0.2, -0.15) is 5.26 Å². The normalized spacial score (nSPS) is 19.0. The van der Waals surface area contributed by atoms with Crippen molar-refractivity contribution >= 4 is 18.7 Å². The van der Waals surface area contributed by atoms with E-state index in [1.165, 1.54) is 6.07 Å². The van der Waals surface area contributed by atoms with Gasteiger partial charge in [-0.25, -0.2) is 9.18 Å². The van der Waals surface area contributed by atoms with E-state index in [9.17, 15) is 14.4 Å². The minimum Gasteiger partial charge on any atom is -0.444 e. The summed E-state index contributed by atoms with van der Waals surface area (Å²) in [5.41, 5.74) is -0.845. The van der Waals surface area contributed by atoms with Gasteiger partial charge < -0.3 is 19.4 Å². The number of alkyl carbamates (subject to hydrolysis) is 1. The summed E-state index contributed by atoms with van der Waals surface area (Å²) in [6.45, 7) is 12.9. The Morgan fingerprint density at radius 1 is 1.29 bits per heavy atom. The number of ether oxygens (including phenoxy) is 1. The molecule has 1 aliphatic rings. The van der Waals surface area contributed by atoms with Gasteiger partial charge in [0.05, 0.1) is 17.3 Å². The lowest BCUT2D eigenvalue weighted by Gasteiger charge is -2.32. The van der Waals surface area contributed by atoms with Crippen LogP contribution < -0.4 is 10.8 Å². The third kappa shape index (κ3) is 5.24. The summed E-state index contributed by atoms with van der Waals surface area (Å²) in [7, 11) is -0.666. The van der Waals surface area contributed by atoms with Crippen LogP contribution in [0.4, 0.5) is 9.18 Å². The highest BCUT2D eigenvalue weighted by molar-refractivity contribution is 6.62. The average Bonchev–Trinajstić information content (AvgIpc) is 2.74. The number of carbonyl (C=O) groups is 1. The molecule has 6 nitrogen and oxygen atoms in total. The second kappa shape index (κ2) is 7.73. The highest BCUT2D eigenvalue weighted by atomic mass is 19.1. The average molecular weight is 390 g/mol. The molecular formula is C20H28BFN2O4. The minimum absolute atomic E-state index is 0.0191. The zero-order chi connectivity index (χ0) is 21.3. The van der Waals surface area contributed by atoms with Crippen molar-refractivity contribution in [2.75, 3.05) is 0 Å². The Morgan fingerprint density at radius 3 is 2.32 bits per heavy atom. The van der Waals surface area contributed by atoms with Crippen molar-refractivity contribution < 1.29 is 23.2 Å². The van der Waals surface area contributed by atoms with Crippen LogP contribution in [0.3, 0.4) is 0 Å². The van der Waals surface area contributed by atoms with Crippen molar-refractivity contribution in [3.05, 3.63) is 29.6 Å². The lowest BCUT2D eigenvalue weighted by molar-refractivity contribution is 0.00578. The number of hydrogen-bond donors (Lipinski definition) is 1. The SMILES string of the molecule is CC(C)(C)OC(=O)N[C@H](C#N)Cc1ccc(B2OC(C)(C)C(C)(C)O2)cc1F. The molecule has 28 heavy (non-hydrogen) atoms. The fourth-order valence-corrected chi connectivity index (χ4v) is 2.65. The molecule has 1 aromatic rings. The fourth-order valence-electron chi connectivity index (χ4n) is 2.65. The van der Waals surface area contributed by atoms with E-state index < -0.39 is 41.9 Å². The maximum atomic E-state index is 14.6. The van der Waals surface area contributed by atoms with Gasteiger partial charge in [-0.3, -0.25) is 0 Å². The third-order valence-electron chi connectivity index (χ3n) is 4.87. The molecule has 8 heteroatoms. The standard InChI is InChI=1S/C20H28BFN2O4/c1-18(2,3)26-17(25)24-15(12-23)10-13-8-9-14(11-16(13)22)21-27-19(4,5)20(6,7)28-21/h8-9,11,15H,10H2,1-7H3,(H,24,25)/t15-/m0/s1. The van der Waals surface area contributed by atoms with Gasteiger partial charge in [0, 0.05) is 6.42 Å². The summed E-state index contributed by atoms with van der Waals surface area (Å²) in [6.07, 6.45) is -0.695. The molecule has 1 N–H and O–H groups in total. The Labute approximate surface area is 166 Å². The molecule has 2 rings (SSSR count). The summed E-state index contributed by atoms with van der Waals surface area (Å²) < 4.78 is 31.6. The maximum Gasteiger partial charge on any atom is 0.494 e. The quantitative estimate of drug-likeness (QED) is 0.800. The van der Waals surface area contributed by atoms with Gasteiger partial charge in [0.2, 0.25) is 0 Å². The molecule has 1 saturated heterocycles. The molecule has 0 radical (unpaired) electrons. The van der Waals surface area contributed by atoms with E-state index in [2.05, 4.69) is 5.32 Å². The largest absolute Gasteiger partial charge is 0.494 e. The summed E-state index contributed by atoms with van der Waals surface area (Å²) >= 11 is 0. The van der Waals surface area contributed by atoms with Crippen molar-refractivity contribution in [2.45, 2.75) is 77.7 Å². The molecule has 1 aliphatic heterocycles. The van der Waals surface area contributed by atoms with E-state index in [-0.39, 0.29) is 6.42 Å². The zero-order valence-corrected chi connectivity index (χ0v) is 17.6. The van der Waals surface area contributed by atoms with Gasteiger partial charge in [0.1, 0.15) is 17.5 Å². The number of nitriles is 1. The minimum atomic E-state index is -0.910. The molecule has 0 bridgehead atoms. The van der Waals surface area contributed by atoms with Crippen LogP contribution in [0.1, 0.15) is 54.0 Å². The Kier molecular flexibility index (Phi) is 6.12. The summed E-state index contributed by atoms with van der Waals surface area (Å²) in [5, 5.41) is 11.7. The van der Waals surface area contributed by atoms with Crippen LogP contribution in [-0.4, -0.2) is 36.1 Å². The van der Waals surface area contributed by atoms with E-state index in [1.807, 2.05) is 33.8 Å². The summed E-state index contributed by atoms with van der Waals surface area (Å²) in [6, 6.07) is 5.69. The van der Waals surface area contributed by atoms with Crippen molar-refractivity contribution in [1.82, 2.24) is 5.32 Å². The van der Waals surface area contributed by atoms with E-state index in [4.69, 9.17) is 14.0 Å². The van der Waals surface area contributed by atoms with Gasteiger partial charge in [-0.1, -0.05) is 12.1 Å². The van der Waals surface area contributed by atoms with Crippen LogP contribution in [0.25, 0.3) is 0 Å². The molecular weight excluding hydrogens is 362 g/mol. The lowest BCUT2D eigenvalue weighted by atomic mass is 9.78. The van der Waals surface area contributed by atoms with E-state index >= 15 is 0 Å². The number of amides is 1. The molecule has 0 unspecified atom stereocenters. The van der Waals surface area contributed by atoms with Crippen LogP contribution in [0.2, 0.25) is 0 Å². The monoisotopic (exact) mass is 390 g/mol. The Bertz CT molecular complexity index is 767.